The Bertz CT molecular complexity index is 1470. The van der Waals surface area contributed by atoms with E-state index in [4.69, 9.17) is 11.6 Å². The van der Waals surface area contributed by atoms with Crippen LogP contribution in [0.5, 0.6) is 0 Å². The summed E-state index contributed by atoms with van der Waals surface area (Å²) >= 11 is 5.85. The van der Waals surface area contributed by atoms with E-state index in [2.05, 4.69) is 10.3 Å². The van der Waals surface area contributed by atoms with Gasteiger partial charge in [-0.2, -0.15) is 13.2 Å². The Morgan fingerprint density at radius 1 is 1.09 bits per heavy atom. The molecule has 11 heteroatoms. The molecular formula is C21H14ClF3N4O3. The highest BCUT2D eigenvalue weighted by molar-refractivity contribution is 6.30. The monoisotopic (exact) mass is 462 g/mol. The fourth-order valence-electron chi connectivity index (χ4n) is 3.34. The predicted molar refractivity (Wildman–Crippen MR) is 114 cm³/mol. The molecule has 0 fully saturated rings. The van der Waals surface area contributed by atoms with Crippen molar-refractivity contribution in [1.82, 2.24) is 14.1 Å². The number of halogens is 4. The molecule has 0 saturated carbocycles. The van der Waals surface area contributed by atoms with Crippen LogP contribution in [-0.2, 0) is 13.2 Å². The number of hydrogen-bond acceptors (Lipinski definition) is 3. The lowest BCUT2D eigenvalue weighted by Crippen LogP contribution is -2.34. The van der Waals surface area contributed by atoms with Crippen LogP contribution in [0.1, 0.15) is 15.9 Å². The maximum atomic E-state index is 13.0. The van der Waals surface area contributed by atoms with E-state index in [0.717, 1.165) is 22.8 Å². The standard InChI is InChI=1S/C21H14ClF3N4O3/c1-28-10-15(18(30)26-13-4-2-3-11(9-13)21(23,24)25)16-17(28)19(31)29(20(32)27-16)14-7-5-12(22)6-8-14/h2-10H,1H3,(H,26,30)(H,27,32). The van der Waals surface area contributed by atoms with E-state index in [1.165, 1.54) is 48.1 Å². The topological polar surface area (TPSA) is 88.9 Å². The Labute approximate surface area is 182 Å². The van der Waals surface area contributed by atoms with E-state index < -0.39 is 28.9 Å². The molecule has 2 aromatic heterocycles. The minimum Gasteiger partial charge on any atom is -0.344 e. The fourth-order valence-corrected chi connectivity index (χ4v) is 3.47. The van der Waals surface area contributed by atoms with Crippen molar-refractivity contribution in [1.29, 1.82) is 0 Å². The van der Waals surface area contributed by atoms with Gasteiger partial charge in [-0.05, 0) is 42.5 Å². The maximum Gasteiger partial charge on any atom is 0.416 e. The van der Waals surface area contributed by atoms with Crippen molar-refractivity contribution in [3.05, 3.63) is 91.7 Å². The van der Waals surface area contributed by atoms with Crippen molar-refractivity contribution in [2.24, 2.45) is 7.05 Å². The molecule has 2 aromatic carbocycles. The summed E-state index contributed by atoms with van der Waals surface area (Å²) < 4.78 is 41.0. The zero-order valence-corrected chi connectivity index (χ0v) is 17.1. The summed E-state index contributed by atoms with van der Waals surface area (Å²) in [4.78, 5) is 41.0. The molecule has 0 bridgehead atoms. The average molecular weight is 463 g/mol. The number of carbonyl (C=O) groups is 1. The van der Waals surface area contributed by atoms with Crippen molar-refractivity contribution in [3.8, 4) is 5.69 Å². The fraction of sp³-hybridized carbons (Fsp3) is 0.0952. The molecule has 0 aliphatic rings. The number of nitrogens with one attached hydrogen (secondary N) is 2. The Balaban J connectivity index is 1.78. The highest BCUT2D eigenvalue weighted by Crippen LogP contribution is 2.31. The van der Waals surface area contributed by atoms with Crippen molar-refractivity contribution in [2.75, 3.05) is 5.32 Å². The van der Waals surface area contributed by atoms with Crippen molar-refractivity contribution >= 4 is 34.2 Å². The third kappa shape index (κ3) is 3.80. The van der Waals surface area contributed by atoms with Crippen LogP contribution in [0.15, 0.2) is 64.3 Å². The van der Waals surface area contributed by atoms with Gasteiger partial charge in [0.2, 0.25) is 0 Å². The van der Waals surface area contributed by atoms with Gasteiger partial charge in [-0.3, -0.25) is 9.59 Å². The lowest BCUT2D eigenvalue weighted by atomic mass is 10.2. The number of anilines is 1. The first kappa shape index (κ1) is 21.4. The van der Waals surface area contributed by atoms with Crippen LogP contribution in [0.3, 0.4) is 0 Å². The molecule has 0 aliphatic carbocycles. The van der Waals surface area contributed by atoms with Crippen LogP contribution in [0, 0.1) is 0 Å². The van der Waals surface area contributed by atoms with E-state index in [1.54, 1.807) is 0 Å². The van der Waals surface area contributed by atoms with Gasteiger partial charge in [-0.15, -0.1) is 0 Å². The molecule has 7 nitrogen and oxygen atoms in total. The van der Waals surface area contributed by atoms with E-state index >= 15 is 0 Å². The number of nitrogens with zero attached hydrogens (tertiary/aromatic N) is 2. The van der Waals surface area contributed by atoms with E-state index in [9.17, 15) is 27.6 Å². The Morgan fingerprint density at radius 2 is 1.78 bits per heavy atom. The first-order valence-electron chi connectivity index (χ1n) is 9.15. The van der Waals surface area contributed by atoms with Crippen LogP contribution >= 0.6 is 11.6 Å². The first-order chi connectivity index (χ1) is 15.1. The number of aryl methyl sites for hydroxylation is 1. The molecule has 0 atom stereocenters. The van der Waals surface area contributed by atoms with Crippen molar-refractivity contribution < 1.29 is 18.0 Å². The zero-order chi connectivity index (χ0) is 23.2. The second kappa shape index (κ2) is 7.72. The summed E-state index contributed by atoms with van der Waals surface area (Å²) in [6, 6.07) is 10.2. The molecule has 0 radical (unpaired) electrons. The lowest BCUT2D eigenvalue weighted by Gasteiger charge is -2.09. The summed E-state index contributed by atoms with van der Waals surface area (Å²) in [6.45, 7) is 0. The van der Waals surface area contributed by atoms with Crippen LogP contribution in [0.25, 0.3) is 16.7 Å². The molecule has 0 unspecified atom stereocenters. The van der Waals surface area contributed by atoms with Gasteiger partial charge in [0, 0.05) is 24.0 Å². The van der Waals surface area contributed by atoms with Gasteiger partial charge in [-0.1, -0.05) is 17.7 Å². The van der Waals surface area contributed by atoms with Gasteiger partial charge in [-0.25, -0.2) is 9.36 Å². The smallest absolute Gasteiger partial charge is 0.344 e. The third-order valence-electron chi connectivity index (χ3n) is 4.80. The molecule has 0 spiro atoms. The number of carbonyl (C=O) groups excluding carboxylic acids is 1. The molecule has 2 heterocycles. The highest BCUT2D eigenvalue weighted by atomic mass is 35.5. The second-order valence-electron chi connectivity index (χ2n) is 6.96. The van der Waals surface area contributed by atoms with Gasteiger partial charge in [0.1, 0.15) is 5.52 Å². The number of hydrogen-bond donors (Lipinski definition) is 2. The van der Waals surface area contributed by atoms with Gasteiger partial charge in [0.05, 0.1) is 22.3 Å². The lowest BCUT2D eigenvalue weighted by molar-refractivity contribution is -0.137. The van der Waals surface area contributed by atoms with Gasteiger partial charge < -0.3 is 14.9 Å². The van der Waals surface area contributed by atoms with Crippen LogP contribution < -0.4 is 16.6 Å². The number of H-pyrrole nitrogens is 1. The zero-order valence-electron chi connectivity index (χ0n) is 16.3. The summed E-state index contributed by atoms with van der Waals surface area (Å²) in [5.74, 6) is -0.783. The first-order valence-corrected chi connectivity index (χ1v) is 9.53. The predicted octanol–water partition coefficient (Wildman–Crippen LogP) is 3.94. The number of fused-ring (bicyclic) bond motifs is 1. The molecule has 0 aliphatic heterocycles. The summed E-state index contributed by atoms with van der Waals surface area (Å²) in [5.41, 5.74) is -2.26. The van der Waals surface area contributed by atoms with E-state index in [-0.39, 0.29) is 28.0 Å². The number of alkyl halides is 3. The number of amides is 1. The Kier molecular flexibility index (Phi) is 5.17. The SMILES string of the molecule is Cn1cc(C(=O)Nc2cccc(C(F)(F)F)c2)c2[nH]c(=O)n(-c3ccc(Cl)cc3)c(=O)c21. The minimum atomic E-state index is -4.57. The molecule has 4 aromatic rings. The van der Waals surface area contributed by atoms with Crippen LogP contribution in [-0.4, -0.2) is 20.0 Å². The van der Waals surface area contributed by atoms with Gasteiger partial charge >= 0.3 is 11.9 Å². The quantitative estimate of drug-likeness (QED) is 0.483. The van der Waals surface area contributed by atoms with E-state index in [0.29, 0.717) is 5.02 Å². The number of benzene rings is 2. The minimum absolute atomic E-state index is 0.0304. The Morgan fingerprint density at radius 3 is 2.44 bits per heavy atom. The normalized spacial score (nSPS) is 11.7. The number of rotatable bonds is 3. The highest BCUT2D eigenvalue weighted by Gasteiger charge is 2.30. The maximum absolute atomic E-state index is 13.0. The Hall–Kier alpha value is -3.79. The number of aromatic amines is 1. The summed E-state index contributed by atoms with van der Waals surface area (Å²) in [5, 5.41) is 2.79. The largest absolute Gasteiger partial charge is 0.416 e. The number of aromatic nitrogens is 3. The van der Waals surface area contributed by atoms with Gasteiger partial charge in [0.15, 0.2) is 0 Å². The van der Waals surface area contributed by atoms with Crippen molar-refractivity contribution in [3.63, 3.8) is 0 Å². The summed E-state index contributed by atoms with van der Waals surface area (Å²) in [7, 11) is 1.51. The molecule has 2 N–H and O–H groups in total. The third-order valence-corrected chi connectivity index (χ3v) is 5.05. The summed E-state index contributed by atoms with van der Waals surface area (Å²) in [6.07, 6.45) is -3.25. The molecular weight excluding hydrogens is 449 g/mol. The van der Waals surface area contributed by atoms with Crippen molar-refractivity contribution in [2.45, 2.75) is 6.18 Å². The van der Waals surface area contributed by atoms with E-state index in [1.807, 2.05) is 0 Å². The molecule has 0 saturated heterocycles. The molecule has 32 heavy (non-hydrogen) atoms. The second-order valence-corrected chi connectivity index (χ2v) is 7.39. The molecule has 164 valence electrons. The van der Waals surface area contributed by atoms with Crippen LogP contribution in [0.4, 0.5) is 18.9 Å². The molecule has 1 amide bonds. The molecule has 4 rings (SSSR count). The average Bonchev–Trinajstić information content (AvgIpc) is 3.05. The van der Waals surface area contributed by atoms with Crippen LogP contribution in [0.2, 0.25) is 5.02 Å². The van der Waals surface area contributed by atoms with Gasteiger partial charge in [0.25, 0.3) is 11.5 Å².